The van der Waals surface area contributed by atoms with Gasteiger partial charge in [0, 0.05) is 17.1 Å². The van der Waals surface area contributed by atoms with E-state index >= 15 is 0 Å². The van der Waals surface area contributed by atoms with Gasteiger partial charge in [-0.15, -0.1) is 11.3 Å². The monoisotopic (exact) mass is 285 g/mol. The van der Waals surface area contributed by atoms with Crippen molar-refractivity contribution in [1.82, 2.24) is 9.97 Å². The van der Waals surface area contributed by atoms with Gasteiger partial charge in [0.25, 0.3) is 5.56 Å². The molecular weight excluding hydrogens is 274 g/mol. The first-order valence-electron chi connectivity index (χ1n) is 4.98. The third-order valence-electron chi connectivity index (χ3n) is 2.09. The summed E-state index contributed by atoms with van der Waals surface area (Å²) in [6.07, 6.45) is 0.644. The number of hydrogen-bond donors (Lipinski definition) is 2. The highest BCUT2D eigenvalue weighted by Crippen LogP contribution is 2.22. The van der Waals surface area contributed by atoms with Crippen molar-refractivity contribution in [2.75, 3.05) is 5.75 Å². The van der Waals surface area contributed by atoms with Gasteiger partial charge in [-0.2, -0.15) is 0 Å². The Balaban J connectivity index is 2.24. The minimum atomic E-state index is -0.0859. The molecule has 90 valence electrons. The van der Waals surface area contributed by atoms with E-state index in [0.717, 1.165) is 15.5 Å². The van der Waals surface area contributed by atoms with E-state index in [9.17, 15) is 4.79 Å². The third kappa shape index (κ3) is 3.05. The van der Waals surface area contributed by atoms with Crippen molar-refractivity contribution >= 4 is 50.5 Å². The Morgan fingerprint density at radius 3 is 3.18 bits per heavy atom. The molecule has 3 N–H and O–H groups in total. The zero-order chi connectivity index (χ0) is 12.4. The Kier molecular flexibility index (Phi) is 3.80. The summed E-state index contributed by atoms with van der Waals surface area (Å²) < 4.78 is 0. The summed E-state index contributed by atoms with van der Waals surface area (Å²) in [4.78, 5) is 21.3. The Morgan fingerprint density at radius 1 is 1.71 bits per heavy atom. The van der Waals surface area contributed by atoms with Crippen LogP contribution in [0.25, 0.3) is 10.2 Å². The lowest BCUT2D eigenvalue weighted by Crippen LogP contribution is -2.10. The molecule has 0 aliphatic rings. The minimum Gasteiger partial charge on any atom is -0.393 e. The summed E-state index contributed by atoms with van der Waals surface area (Å²) >= 11 is 7.78. The fourth-order valence-electron chi connectivity index (χ4n) is 1.35. The van der Waals surface area contributed by atoms with Crippen LogP contribution in [0.4, 0.5) is 0 Å². The fraction of sp³-hybridized carbons (Fsp3) is 0.300. The molecule has 0 saturated carbocycles. The van der Waals surface area contributed by atoms with E-state index in [2.05, 4.69) is 9.97 Å². The lowest BCUT2D eigenvalue weighted by atomic mass is 10.4. The van der Waals surface area contributed by atoms with Crippen LogP contribution in [0.3, 0.4) is 0 Å². The van der Waals surface area contributed by atoms with Crippen molar-refractivity contribution < 1.29 is 0 Å². The second-order valence-corrected chi connectivity index (χ2v) is 6.35. The number of nitrogens with two attached hydrogens (primary N) is 1. The minimum absolute atomic E-state index is 0.0859. The lowest BCUT2D eigenvalue weighted by molar-refractivity contribution is 0.979. The molecule has 2 aromatic heterocycles. The first-order valence-corrected chi connectivity index (χ1v) is 7.19. The summed E-state index contributed by atoms with van der Waals surface area (Å²) in [5.74, 6) is 0.730. The molecule has 0 aliphatic heterocycles. The largest absolute Gasteiger partial charge is 0.393 e. The SMILES string of the molecule is Cc1cc2c(=O)[nH]c(SCCC(N)=S)nc2s1. The Labute approximate surface area is 112 Å². The number of aromatic nitrogens is 2. The van der Waals surface area contributed by atoms with Crippen molar-refractivity contribution in [1.29, 1.82) is 0 Å². The number of nitrogens with one attached hydrogen (secondary N) is 1. The molecule has 2 rings (SSSR count). The molecular formula is C10H11N3OS3. The lowest BCUT2D eigenvalue weighted by Gasteiger charge is -1.99. The van der Waals surface area contributed by atoms with Crippen LogP contribution in [0.15, 0.2) is 16.0 Å². The van der Waals surface area contributed by atoms with Crippen LogP contribution in [0, 0.1) is 6.92 Å². The highest BCUT2D eigenvalue weighted by Gasteiger charge is 2.07. The van der Waals surface area contributed by atoms with E-state index < -0.39 is 0 Å². The molecule has 4 nitrogen and oxygen atoms in total. The molecule has 0 saturated heterocycles. The van der Waals surface area contributed by atoms with E-state index in [1.165, 1.54) is 23.1 Å². The van der Waals surface area contributed by atoms with E-state index in [-0.39, 0.29) is 5.56 Å². The maximum Gasteiger partial charge on any atom is 0.260 e. The highest BCUT2D eigenvalue weighted by molar-refractivity contribution is 7.99. The highest BCUT2D eigenvalue weighted by atomic mass is 32.2. The molecule has 7 heteroatoms. The van der Waals surface area contributed by atoms with Crippen molar-refractivity contribution in [2.45, 2.75) is 18.5 Å². The van der Waals surface area contributed by atoms with Crippen LogP contribution in [0.1, 0.15) is 11.3 Å². The normalized spacial score (nSPS) is 10.9. The number of fused-ring (bicyclic) bond motifs is 1. The Morgan fingerprint density at radius 2 is 2.47 bits per heavy atom. The summed E-state index contributed by atoms with van der Waals surface area (Å²) in [5.41, 5.74) is 5.32. The first-order chi connectivity index (χ1) is 8.06. The zero-order valence-electron chi connectivity index (χ0n) is 9.15. The predicted octanol–water partition coefficient (Wildman–Crippen LogP) is 2.06. The Hall–Kier alpha value is -0.920. The van der Waals surface area contributed by atoms with Crippen molar-refractivity contribution in [3.8, 4) is 0 Å². The van der Waals surface area contributed by atoms with Crippen LogP contribution >= 0.6 is 35.3 Å². The number of rotatable bonds is 4. The fourth-order valence-corrected chi connectivity index (χ4v) is 3.35. The average Bonchev–Trinajstić information content (AvgIpc) is 2.58. The number of aromatic amines is 1. The summed E-state index contributed by atoms with van der Waals surface area (Å²) in [7, 11) is 0. The molecule has 0 spiro atoms. The van der Waals surface area contributed by atoms with Gasteiger partial charge in [-0.3, -0.25) is 4.79 Å². The molecule has 0 aliphatic carbocycles. The van der Waals surface area contributed by atoms with E-state index in [1.54, 1.807) is 0 Å². The summed E-state index contributed by atoms with van der Waals surface area (Å²) in [6.45, 7) is 1.96. The maximum atomic E-state index is 11.8. The van der Waals surface area contributed by atoms with Gasteiger partial charge in [-0.1, -0.05) is 24.0 Å². The number of thioether (sulfide) groups is 1. The molecule has 0 bridgehead atoms. The standard InChI is InChI=1S/C10H11N3OS3/c1-5-4-6-8(14)12-10(13-9(6)17-5)16-3-2-7(11)15/h4H,2-3H2,1H3,(H2,11,15)(H,12,13,14). The molecule has 17 heavy (non-hydrogen) atoms. The summed E-state index contributed by atoms with van der Waals surface area (Å²) in [5, 5.41) is 1.28. The number of H-pyrrole nitrogens is 1. The second-order valence-electron chi connectivity index (χ2n) is 3.51. The van der Waals surface area contributed by atoms with Crippen LogP contribution in [0.2, 0.25) is 0 Å². The summed E-state index contributed by atoms with van der Waals surface area (Å²) in [6, 6.07) is 1.86. The van der Waals surface area contributed by atoms with Crippen molar-refractivity contribution in [2.24, 2.45) is 5.73 Å². The zero-order valence-corrected chi connectivity index (χ0v) is 11.6. The van der Waals surface area contributed by atoms with E-state index in [1.807, 2.05) is 13.0 Å². The number of hydrogen-bond acceptors (Lipinski definition) is 5. The van der Waals surface area contributed by atoms with Gasteiger partial charge in [0.05, 0.1) is 10.4 Å². The van der Waals surface area contributed by atoms with Gasteiger partial charge >= 0.3 is 0 Å². The van der Waals surface area contributed by atoms with Crippen LogP contribution in [-0.4, -0.2) is 20.7 Å². The van der Waals surface area contributed by atoms with Gasteiger partial charge in [0.15, 0.2) is 5.16 Å². The van der Waals surface area contributed by atoms with Crippen LogP contribution in [0.5, 0.6) is 0 Å². The average molecular weight is 285 g/mol. The van der Waals surface area contributed by atoms with Gasteiger partial charge in [0.1, 0.15) is 4.83 Å². The van der Waals surface area contributed by atoms with Gasteiger partial charge in [-0.25, -0.2) is 4.98 Å². The van der Waals surface area contributed by atoms with Crippen LogP contribution < -0.4 is 11.3 Å². The van der Waals surface area contributed by atoms with Gasteiger partial charge in [-0.05, 0) is 13.0 Å². The van der Waals surface area contributed by atoms with Crippen molar-refractivity contribution in [3.63, 3.8) is 0 Å². The molecule has 0 unspecified atom stereocenters. The molecule has 0 amide bonds. The predicted molar refractivity (Wildman–Crippen MR) is 77.1 cm³/mol. The molecule has 0 atom stereocenters. The molecule has 0 aromatic carbocycles. The second kappa shape index (κ2) is 5.16. The number of nitrogens with zero attached hydrogens (tertiary/aromatic N) is 1. The number of thiophene rings is 1. The topological polar surface area (TPSA) is 71.8 Å². The number of thiocarbonyl (C=S) groups is 1. The van der Waals surface area contributed by atoms with E-state index in [4.69, 9.17) is 18.0 Å². The van der Waals surface area contributed by atoms with Gasteiger partial charge in [0.2, 0.25) is 0 Å². The van der Waals surface area contributed by atoms with E-state index in [0.29, 0.717) is 22.0 Å². The smallest absolute Gasteiger partial charge is 0.260 e. The van der Waals surface area contributed by atoms with Crippen molar-refractivity contribution in [3.05, 3.63) is 21.3 Å². The quantitative estimate of drug-likeness (QED) is 0.511. The number of aryl methyl sites for hydroxylation is 1. The van der Waals surface area contributed by atoms with Gasteiger partial charge < -0.3 is 10.7 Å². The first kappa shape index (κ1) is 12.5. The molecule has 0 fully saturated rings. The maximum absolute atomic E-state index is 11.8. The molecule has 2 aromatic rings. The molecule has 0 radical (unpaired) electrons. The third-order valence-corrected chi connectivity index (χ3v) is 4.11. The molecule has 2 heterocycles. The Bertz CT molecular complexity index is 617. The van der Waals surface area contributed by atoms with Crippen LogP contribution in [-0.2, 0) is 0 Å².